The maximum absolute atomic E-state index is 12.8. The summed E-state index contributed by atoms with van der Waals surface area (Å²) in [4.78, 5) is 27.1. The maximum Gasteiger partial charge on any atom is 0.258 e. The van der Waals surface area contributed by atoms with Crippen LogP contribution in [0.1, 0.15) is 43.0 Å². The first-order valence-electron chi connectivity index (χ1n) is 9.41. The van der Waals surface area contributed by atoms with Gasteiger partial charge in [-0.3, -0.25) is 9.59 Å². The maximum atomic E-state index is 12.8. The molecule has 2 aromatic rings. The molecule has 0 spiro atoms. The Hall–Kier alpha value is -2.37. The van der Waals surface area contributed by atoms with Crippen LogP contribution in [-0.4, -0.2) is 24.4 Å². The summed E-state index contributed by atoms with van der Waals surface area (Å²) in [7, 11) is 1.74. The number of para-hydroxylation sites is 1. The zero-order valence-electron chi connectivity index (χ0n) is 16.4. The van der Waals surface area contributed by atoms with Crippen molar-refractivity contribution in [2.75, 3.05) is 17.3 Å². The van der Waals surface area contributed by atoms with Crippen LogP contribution in [0.4, 0.5) is 11.4 Å². The fourth-order valence-corrected chi connectivity index (χ4v) is 3.71. The van der Waals surface area contributed by atoms with Gasteiger partial charge in [-0.1, -0.05) is 37.1 Å². The molecule has 6 heteroatoms. The molecule has 0 radical (unpaired) electrons. The number of halogens is 1. The average Bonchev–Trinajstić information content (AvgIpc) is 2.67. The molecule has 0 heterocycles. The molecule has 0 bridgehead atoms. The summed E-state index contributed by atoms with van der Waals surface area (Å²) in [5.41, 5.74) is 7.82. The lowest BCUT2D eigenvalue weighted by Crippen LogP contribution is -2.51. The second-order valence-electron chi connectivity index (χ2n) is 7.57. The SMILES string of the molecule is CN(C(=O)c1cccc(NC(=O)C2CCCCC2(C)N)c1)c1ccccc1.Cl. The first-order valence-corrected chi connectivity index (χ1v) is 9.41. The van der Waals surface area contributed by atoms with Crippen molar-refractivity contribution in [2.24, 2.45) is 11.7 Å². The summed E-state index contributed by atoms with van der Waals surface area (Å²) in [6.45, 7) is 1.95. The number of rotatable bonds is 4. The standard InChI is InChI=1S/C22H27N3O2.ClH/c1-22(23)14-7-6-13-19(22)20(26)24-17-10-8-9-16(15-17)21(27)25(2)18-11-4-3-5-12-18;/h3-5,8-12,15,19H,6-7,13-14,23H2,1-2H3,(H,24,26);1H. The van der Waals surface area contributed by atoms with E-state index in [1.54, 1.807) is 36.2 Å². The van der Waals surface area contributed by atoms with Gasteiger partial charge in [-0.15, -0.1) is 12.4 Å². The Morgan fingerprint density at radius 3 is 2.50 bits per heavy atom. The van der Waals surface area contributed by atoms with E-state index in [4.69, 9.17) is 5.73 Å². The van der Waals surface area contributed by atoms with Gasteiger partial charge < -0.3 is 16.0 Å². The van der Waals surface area contributed by atoms with Crippen molar-refractivity contribution in [3.05, 3.63) is 60.2 Å². The van der Waals surface area contributed by atoms with Gasteiger partial charge >= 0.3 is 0 Å². The van der Waals surface area contributed by atoms with Crippen molar-refractivity contribution < 1.29 is 9.59 Å². The summed E-state index contributed by atoms with van der Waals surface area (Å²) in [5.74, 6) is -0.406. The topological polar surface area (TPSA) is 75.4 Å². The normalized spacial score (nSPS) is 21.3. The lowest BCUT2D eigenvalue weighted by Gasteiger charge is -2.37. The number of hydrogen-bond acceptors (Lipinski definition) is 3. The first-order chi connectivity index (χ1) is 12.9. The lowest BCUT2D eigenvalue weighted by atomic mass is 9.74. The molecular formula is C22H28ClN3O2. The van der Waals surface area contributed by atoms with E-state index in [-0.39, 0.29) is 30.1 Å². The lowest BCUT2D eigenvalue weighted by molar-refractivity contribution is -0.122. The van der Waals surface area contributed by atoms with Crippen molar-refractivity contribution in [1.29, 1.82) is 0 Å². The number of anilines is 2. The highest BCUT2D eigenvalue weighted by Gasteiger charge is 2.37. The van der Waals surface area contributed by atoms with Gasteiger partial charge in [0.1, 0.15) is 0 Å². The Kier molecular flexibility index (Phi) is 7.22. The first kappa shape index (κ1) is 21.9. The number of carbonyl (C=O) groups is 2. The second-order valence-corrected chi connectivity index (χ2v) is 7.57. The highest BCUT2D eigenvalue weighted by atomic mass is 35.5. The molecule has 2 amide bonds. The predicted molar refractivity (Wildman–Crippen MR) is 116 cm³/mol. The van der Waals surface area contributed by atoms with E-state index in [2.05, 4.69) is 5.32 Å². The van der Waals surface area contributed by atoms with Crippen molar-refractivity contribution >= 4 is 35.6 Å². The van der Waals surface area contributed by atoms with E-state index in [0.717, 1.165) is 31.4 Å². The number of amides is 2. The molecule has 1 aliphatic carbocycles. The molecule has 0 saturated heterocycles. The van der Waals surface area contributed by atoms with Gasteiger partial charge in [-0.05, 0) is 50.1 Å². The van der Waals surface area contributed by atoms with Gasteiger partial charge in [0.25, 0.3) is 5.91 Å². The molecule has 28 heavy (non-hydrogen) atoms. The third-order valence-electron chi connectivity index (χ3n) is 5.40. The Morgan fingerprint density at radius 1 is 1.11 bits per heavy atom. The molecule has 3 N–H and O–H groups in total. The summed E-state index contributed by atoms with van der Waals surface area (Å²) in [5, 5.41) is 2.95. The Balaban J connectivity index is 0.00000280. The third-order valence-corrected chi connectivity index (χ3v) is 5.40. The summed E-state index contributed by atoms with van der Waals surface area (Å²) < 4.78 is 0. The van der Waals surface area contributed by atoms with Crippen molar-refractivity contribution in [3.63, 3.8) is 0 Å². The van der Waals surface area contributed by atoms with Crippen LogP contribution in [0.5, 0.6) is 0 Å². The van der Waals surface area contributed by atoms with Crippen LogP contribution in [0.2, 0.25) is 0 Å². The molecule has 2 aromatic carbocycles. The molecule has 150 valence electrons. The summed E-state index contributed by atoms with van der Waals surface area (Å²) in [6, 6.07) is 16.5. The Labute approximate surface area is 172 Å². The minimum absolute atomic E-state index is 0. The number of hydrogen-bond donors (Lipinski definition) is 2. The number of benzene rings is 2. The van der Waals surface area contributed by atoms with Gasteiger partial charge in [0.15, 0.2) is 0 Å². The van der Waals surface area contributed by atoms with Gasteiger partial charge in [0, 0.05) is 29.5 Å². The van der Waals surface area contributed by atoms with E-state index in [0.29, 0.717) is 11.3 Å². The molecule has 1 saturated carbocycles. The fourth-order valence-electron chi connectivity index (χ4n) is 3.71. The number of nitrogens with two attached hydrogens (primary N) is 1. The van der Waals surface area contributed by atoms with Crippen LogP contribution in [0, 0.1) is 5.92 Å². The molecule has 5 nitrogen and oxygen atoms in total. The van der Waals surface area contributed by atoms with Crippen LogP contribution in [0.25, 0.3) is 0 Å². The largest absolute Gasteiger partial charge is 0.326 e. The molecule has 3 rings (SSSR count). The molecule has 1 aliphatic rings. The van der Waals surface area contributed by atoms with Crippen molar-refractivity contribution in [1.82, 2.24) is 0 Å². The number of nitrogens with zero attached hydrogens (tertiary/aromatic N) is 1. The molecular weight excluding hydrogens is 374 g/mol. The molecule has 2 atom stereocenters. The van der Waals surface area contributed by atoms with Gasteiger partial charge in [-0.2, -0.15) is 0 Å². The Bertz CT molecular complexity index is 824. The second kappa shape index (κ2) is 9.22. The molecule has 0 aliphatic heterocycles. The van der Waals surface area contributed by atoms with E-state index < -0.39 is 5.54 Å². The Morgan fingerprint density at radius 2 is 1.82 bits per heavy atom. The van der Waals surface area contributed by atoms with Crippen molar-refractivity contribution in [3.8, 4) is 0 Å². The van der Waals surface area contributed by atoms with Crippen molar-refractivity contribution in [2.45, 2.75) is 38.1 Å². The van der Waals surface area contributed by atoms with E-state index in [1.807, 2.05) is 37.3 Å². The van der Waals surface area contributed by atoms with Crippen LogP contribution < -0.4 is 16.0 Å². The van der Waals surface area contributed by atoms with Gasteiger partial charge in [0.05, 0.1) is 5.92 Å². The number of carbonyl (C=O) groups excluding carboxylic acids is 2. The van der Waals surface area contributed by atoms with Crippen LogP contribution in [-0.2, 0) is 4.79 Å². The quantitative estimate of drug-likeness (QED) is 0.804. The van der Waals surface area contributed by atoms with E-state index >= 15 is 0 Å². The highest BCUT2D eigenvalue weighted by Crippen LogP contribution is 2.32. The molecule has 1 fully saturated rings. The zero-order chi connectivity index (χ0) is 19.4. The minimum Gasteiger partial charge on any atom is -0.326 e. The minimum atomic E-state index is -0.483. The molecule has 0 aromatic heterocycles. The van der Waals surface area contributed by atoms with Gasteiger partial charge in [-0.25, -0.2) is 0 Å². The third kappa shape index (κ3) is 4.91. The monoisotopic (exact) mass is 401 g/mol. The average molecular weight is 402 g/mol. The van der Waals surface area contributed by atoms with E-state index in [1.165, 1.54) is 0 Å². The van der Waals surface area contributed by atoms with Crippen LogP contribution in [0.3, 0.4) is 0 Å². The number of nitrogens with one attached hydrogen (secondary N) is 1. The fraction of sp³-hybridized carbons (Fsp3) is 0.364. The van der Waals surface area contributed by atoms with E-state index in [9.17, 15) is 9.59 Å². The summed E-state index contributed by atoms with van der Waals surface area (Å²) in [6.07, 6.45) is 3.73. The smallest absolute Gasteiger partial charge is 0.258 e. The summed E-state index contributed by atoms with van der Waals surface area (Å²) >= 11 is 0. The predicted octanol–water partition coefficient (Wildman–Crippen LogP) is 4.23. The highest BCUT2D eigenvalue weighted by molar-refractivity contribution is 6.06. The van der Waals surface area contributed by atoms with Crippen LogP contribution >= 0.6 is 12.4 Å². The van der Waals surface area contributed by atoms with Gasteiger partial charge in [0.2, 0.25) is 5.91 Å². The van der Waals surface area contributed by atoms with Crippen LogP contribution in [0.15, 0.2) is 54.6 Å². The molecule has 2 unspecified atom stereocenters. The zero-order valence-corrected chi connectivity index (χ0v) is 17.2.